The first kappa shape index (κ1) is 10.8. The summed E-state index contributed by atoms with van der Waals surface area (Å²) in [5.41, 5.74) is 2.14. The first-order chi connectivity index (χ1) is 7.08. The lowest BCUT2D eigenvalue weighted by Crippen LogP contribution is -2.22. The van der Waals surface area contributed by atoms with Crippen molar-refractivity contribution >= 4 is 29.2 Å². The molecular formula is C11H10Cl2O2. The Bertz CT molecular complexity index is 415. The highest BCUT2D eigenvalue weighted by molar-refractivity contribution is 6.42. The largest absolute Gasteiger partial charge is 0.481 e. The van der Waals surface area contributed by atoms with Gasteiger partial charge in [0.25, 0.3) is 0 Å². The van der Waals surface area contributed by atoms with Gasteiger partial charge in [0.1, 0.15) is 0 Å². The maximum absolute atomic E-state index is 10.9. The molecule has 0 amide bonds. The molecule has 15 heavy (non-hydrogen) atoms. The Balaban J connectivity index is 2.34. The molecule has 1 aromatic carbocycles. The number of carbonyl (C=O) groups is 1. The number of halogens is 2. The van der Waals surface area contributed by atoms with Crippen molar-refractivity contribution in [2.24, 2.45) is 5.92 Å². The van der Waals surface area contributed by atoms with Crippen LogP contribution in [0.1, 0.15) is 17.5 Å². The molecule has 1 N–H and O–H groups in total. The number of carboxylic acids is 1. The van der Waals surface area contributed by atoms with Gasteiger partial charge in [0.05, 0.1) is 16.0 Å². The molecule has 0 saturated heterocycles. The van der Waals surface area contributed by atoms with Crippen molar-refractivity contribution in [2.75, 3.05) is 0 Å². The number of benzene rings is 1. The minimum Gasteiger partial charge on any atom is -0.481 e. The summed E-state index contributed by atoms with van der Waals surface area (Å²) >= 11 is 11.8. The maximum Gasteiger partial charge on any atom is 0.306 e. The van der Waals surface area contributed by atoms with Gasteiger partial charge in [-0.25, -0.2) is 0 Å². The Kier molecular flexibility index (Phi) is 2.89. The molecule has 80 valence electrons. The fourth-order valence-electron chi connectivity index (χ4n) is 1.96. The second kappa shape index (κ2) is 4.03. The lowest BCUT2D eigenvalue weighted by atomic mass is 9.84. The zero-order valence-electron chi connectivity index (χ0n) is 7.96. The summed E-state index contributed by atoms with van der Waals surface area (Å²) in [5, 5.41) is 9.98. The fourth-order valence-corrected chi connectivity index (χ4v) is 2.33. The molecule has 1 atom stereocenters. The Morgan fingerprint density at radius 2 is 1.87 bits per heavy atom. The molecule has 1 unspecified atom stereocenters. The van der Waals surface area contributed by atoms with Gasteiger partial charge in [0.2, 0.25) is 0 Å². The molecule has 0 bridgehead atoms. The van der Waals surface area contributed by atoms with E-state index in [2.05, 4.69) is 0 Å². The van der Waals surface area contributed by atoms with Crippen LogP contribution in [0.15, 0.2) is 12.1 Å². The minimum atomic E-state index is -0.730. The third-order valence-corrected chi connectivity index (χ3v) is 3.54. The SMILES string of the molecule is O=C(O)C1CCc2cc(Cl)c(Cl)cc2C1. The van der Waals surface area contributed by atoms with Crippen molar-refractivity contribution in [3.8, 4) is 0 Å². The van der Waals surface area contributed by atoms with Crippen molar-refractivity contribution in [3.63, 3.8) is 0 Å². The maximum atomic E-state index is 10.9. The van der Waals surface area contributed by atoms with Crippen LogP contribution in [0.5, 0.6) is 0 Å². The summed E-state index contributed by atoms with van der Waals surface area (Å²) in [6, 6.07) is 3.63. The number of hydrogen-bond donors (Lipinski definition) is 1. The van der Waals surface area contributed by atoms with Crippen molar-refractivity contribution in [2.45, 2.75) is 19.3 Å². The minimum absolute atomic E-state index is 0.283. The van der Waals surface area contributed by atoms with E-state index in [1.54, 1.807) is 6.07 Å². The van der Waals surface area contributed by atoms with Crippen LogP contribution in [0.2, 0.25) is 10.0 Å². The van der Waals surface area contributed by atoms with E-state index >= 15 is 0 Å². The van der Waals surface area contributed by atoms with Crippen LogP contribution in [0.4, 0.5) is 0 Å². The molecule has 1 aliphatic carbocycles. The highest BCUT2D eigenvalue weighted by atomic mass is 35.5. The van der Waals surface area contributed by atoms with E-state index in [4.69, 9.17) is 28.3 Å². The number of fused-ring (bicyclic) bond motifs is 1. The molecular weight excluding hydrogens is 235 g/mol. The summed E-state index contributed by atoms with van der Waals surface area (Å²) < 4.78 is 0. The molecule has 0 aliphatic heterocycles. The smallest absolute Gasteiger partial charge is 0.306 e. The molecule has 0 spiro atoms. The van der Waals surface area contributed by atoms with Gasteiger partial charge >= 0.3 is 5.97 Å². The van der Waals surface area contributed by atoms with E-state index in [1.165, 1.54) is 0 Å². The van der Waals surface area contributed by atoms with E-state index < -0.39 is 5.97 Å². The summed E-state index contributed by atoms with van der Waals surface area (Å²) in [7, 11) is 0. The molecule has 0 saturated carbocycles. The molecule has 0 radical (unpaired) electrons. The number of aryl methyl sites for hydroxylation is 1. The second-order valence-corrected chi connectivity index (χ2v) is 4.63. The van der Waals surface area contributed by atoms with E-state index in [9.17, 15) is 4.79 Å². The van der Waals surface area contributed by atoms with Crippen LogP contribution in [-0.2, 0) is 17.6 Å². The summed E-state index contributed by atoms with van der Waals surface area (Å²) in [4.78, 5) is 10.9. The van der Waals surface area contributed by atoms with Gasteiger partial charge in [0.15, 0.2) is 0 Å². The zero-order valence-corrected chi connectivity index (χ0v) is 9.48. The molecule has 1 aliphatic rings. The predicted molar refractivity (Wildman–Crippen MR) is 59.6 cm³/mol. The normalized spacial score (nSPS) is 19.7. The monoisotopic (exact) mass is 244 g/mol. The van der Waals surface area contributed by atoms with E-state index in [0.29, 0.717) is 22.9 Å². The highest BCUT2D eigenvalue weighted by Crippen LogP contribution is 2.32. The van der Waals surface area contributed by atoms with Gasteiger partial charge in [-0.15, -0.1) is 0 Å². The van der Waals surface area contributed by atoms with E-state index in [0.717, 1.165) is 17.5 Å². The van der Waals surface area contributed by atoms with Gasteiger partial charge in [-0.05, 0) is 42.5 Å². The van der Waals surface area contributed by atoms with Gasteiger partial charge in [0, 0.05) is 0 Å². The number of hydrogen-bond acceptors (Lipinski definition) is 1. The number of rotatable bonds is 1. The Labute approximate surface area is 97.8 Å². The highest BCUT2D eigenvalue weighted by Gasteiger charge is 2.24. The summed E-state index contributed by atoms with van der Waals surface area (Å²) in [5.74, 6) is -1.01. The number of carboxylic acid groups (broad SMARTS) is 1. The zero-order chi connectivity index (χ0) is 11.0. The van der Waals surface area contributed by atoms with Crippen molar-refractivity contribution in [1.82, 2.24) is 0 Å². The van der Waals surface area contributed by atoms with Gasteiger partial charge < -0.3 is 5.11 Å². The average molecular weight is 245 g/mol. The third kappa shape index (κ3) is 2.11. The van der Waals surface area contributed by atoms with Crippen LogP contribution < -0.4 is 0 Å². The van der Waals surface area contributed by atoms with E-state index in [1.807, 2.05) is 6.07 Å². The van der Waals surface area contributed by atoms with Crippen LogP contribution in [0.3, 0.4) is 0 Å². The van der Waals surface area contributed by atoms with Crippen molar-refractivity contribution in [3.05, 3.63) is 33.3 Å². The second-order valence-electron chi connectivity index (χ2n) is 3.81. The van der Waals surface area contributed by atoms with Crippen LogP contribution in [-0.4, -0.2) is 11.1 Å². The van der Waals surface area contributed by atoms with Gasteiger partial charge in [-0.2, -0.15) is 0 Å². The Hall–Kier alpha value is -0.730. The molecule has 2 nitrogen and oxygen atoms in total. The van der Waals surface area contributed by atoms with Gasteiger partial charge in [-0.3, -0.25) is 4.79 Å². The first-order valence-electron chi connectivity index (χ1n) is 4.77. The fraction of sp³-hybridized carbons (Fsp3) is 0.364. The Morgan fingerprint density at radius 3 is 2.47 bits per heavy atom. The number of aliphatic carboxylic acids is 1. The average Bonchev–Trinajstić information content (AvgIpc) is 2.19. The molecule has 0 heterocycles. The third-order valence-electron chi connectivity index (χ3n) is 2.82. The molecule has 0 fully saturated rings. The van der Waals surface area contributed by atoms with Crippen LogP contribution >= 0.6 is 23.2 Å². The lowest BCUT2D eigenvalue weighted by Gasteiger charge is -2.21. The first-order valence-corrected chi connectivity index (χ1v) is 5.53. The molecule has 2 rings (SSSR count). The Morgan fingerprint density at radius 1 is 1.27 bits per heavy atom. The predicted octanol–water partition coefficient (Wildman–Crippen LogP) is 3.18. The quantitative estimate of drug-likeness (QED) is 0.824. The van der Waals surface area contributed by atoms with Crippen molar-refractivity contribution < 1.29 is 9.90 Å². The lowest BCUT2D eigenvalue weighted by molar-refractivity contribution is -0.142. The summed E-state index contributed by atoms with van der Waals surface area (Å²) in [6.07, 6.45) is 2.00. The topological polar surface area (TPSA) is 37.3 Å². The van der Waals surface area contributed by atoms with E-state index in [-0.39, 0.29) is 5.92 Å². The standard InChI is InChI=1S/C11H10Cl2O2/c12-9-4-6-1-2-7(11(14)15)3-8(6)5-10(9)13/h4-5,7H,1-3H2,(H,14,15). The van der Waals surface area contributed by atoms with Crippen molar-refractivity contribution in [1.29, 1.82) is 0 Å². The van der Waals surface area contributed by atoms with Crippen LogP contribution in [0.25, 0.3) is 0 Å². The molecule has 4 heteroatoms. The molecule has 1 aromatic rings. The summed E-state index contributed by atoms with van der Waals surface area (Å²) in [6.45, 7) is 0. The van der Waals surface area contributed by atoms with Gasteiger partial charge in [-0.1, -0.05) is 23.2 Å². The van der Waals surface area contributed by atoms with Crippen LogP contribution in [0, 0.1) is 5.92 Å². The molecule has 0 aromatic heterocycles.